The Morgan fingerprint density at radius 1 is 0.712 bits per heavy atom. The first-order chi connectivity index (χ1) is 28.2. The SMILES string of the molecule is CC(C(=O)OCc1ccccc1)c1ccc(-c2ccc(NC(=O)COc3ccc(C(=O)c4ccc(OCC(=O)NCCCC(=O)OC(C)(C)C)cc4)cc3)cc2)c(F)c1. The Kier molecular flexibility index (Phi) is 15.1. The lowest BCUT2D eigenvalue weighted by molar-refractivity contribution is -0.155. The number of hydrogen-bond acceptors (Lipinski definition) is 9. The van der Waals surface area contributed by atoms with Crippen LogP contribution in [0, 0.1) is 5.82 Å². The number of carbonyl (C=O) groups is 5. The first-order valence-corrected chi connectivity index (χ1v) is 19.1. The molecule has 5 aromatic rings. The van der Waals surface area contributed by atoms with E-state index in [4.69, 9.17) is 18.9 Å². The van der Waals surface area contributed by atoms with Gasteiger partial charge in [-0.15, -0.1) is 0 Å². The van der Waals surface area contributed by atoms with E-state index in [1.54, 1.807) is 113 Å². The zero-order valence-electron chi connectivity index (χ0n) is 33.4. The molecule has 0 fully saturated rings. The summed E-state index contributed by atoms with van der Waals surface area (Å²) in [5, 5.41) is 5.44. The molecule has 11 nitrogen and oxygen atoms in total. The van der Waals surface area contributed by atoms with Crippen molar-refractivity contribution in [2.45, 2.75) is 58.7 Å². The van der Waals surface area contributed by atoms with Crippen molar-refractivity contribution in [3.8, 4) is 22.6 Å². The van der Waals surface area contributed by atoms with Gasteiger partial charge in [-0.1, -0.05) is 54.6 Å². The van der Waals surface area contributed by atoms with Crippen LogP contribution >= 0.6 is 0 Å². The average Bonchev–Trinajstić information content (AvgIpc) is 3.22. The van der Waals surface area contributed by atoms with Crippen LogP contribution in [0.15, 0.2) is 121 Å². The van der Waals surface area contributed by atoms with Gasteiger partial charge in [0, 0.05) is 35.3 Å². The fraction of sp³-hybridized carbons (Fsp3) is 0.255. The second kappa shape index (κ2) is 20.6. The molecule has 1 unspecified atom stereocenters. The van der Waals surface area contributed by atoms with Crippen molar-refractivity contribution in [2.75, 3.05) is 25.1 Å². The van der Waals surface area contributed by atoms with Crippen LogP contribution in [-0.2, 0) is 35.3 Å². The summed E-state index contributed by atoms with van der Waals surface area (Å²) in [4.78, 5) is 62.2. The molecule has 306 valence electrons. The standard InChI is InChI=1S/C47H47FN2O9/c1-31(46(55)58-28-32-9-6-5-7-10-32)36-18-25-40(41(48)27-36)33-12-19-37(20-13-33)50-43(52)30-57-39-23-16-35(17-24-39)45(54)34-14-21-38(22-15-34)56-29-42(51)49-26-8-11-44(53)59-47(2,3)4/h5-7,9-10,12-25,27,31H,8,11,26,28-30H2,1-4H3,(H,49,51)(H,50,52). The minimum Gasteiger partial charge on any atom is -0.484 e. The third-order valence-electron chi connectivity index (χ3n) is 8.82. The van der Waals surface area contributed by atoms with Gasteiger partial charge in [0.2, 0.25) is 0 Å². The van der Waals surface area contributed by atoms with Gasteiger partial charge in [-0.25, -0.2) is 4.39 Å². The third kappa shape index (κ3) is 13.7. The first-order valence-electron chi connectivity index (χ1n) is 19.1. The number of amides is 2. The van der Waals surface area contributed by atoms with Crippen LogP contribution in [0.4, 0.5) is 10.1 Å². The molecule has 1 atom stereocenters. The molecule has 59 heavy (non-hydrogen) atoms. The van der Waals surface area contributed by atoms with Crippen molar-refractivity contribution in [1.29, 1.82) is 0 Å². The van der Waals surface area contributed by atoms with Crippen molar-refractivity contribution < 1.29 is 47.3 Å². The highest BCUT2D eigenvalue weighted by atomic mass is 19.1. The lowest BCUT2D eigenvalue weighted by Gasteiger charge is -2.19. The number of halogens is 1. The van der Waals surface area contributed by atoms with E-state index < -0.39 is 29.2 Å². The molecule has 0 heterocycles. The van der Waals surface area contributed by atoms with Gasteiger partial charge in [-0.3, -0.25) is 24.0 Å². The Labute approximate surface area is 342 Å². The van der Waals surface area contributed by atoms with E-state index >= 15 is 4.39 Å². The van der Waals surface area contributed by atoms with Crippen molar-refractivity contribution in [1.82, 2.24) is 5.32 Å². The molecule has 0 saturated carbocycles. The Morgan fingerprint density at radius 2 is 1.31 bits per heavy atom. The molecule has 5 rings (SSSR count). The molecule has 0 aliphatic heterocycles. The van der Waals surface area contributed by atoms with E-state index in [-0.39, 0.29) is 43.9 Å². The van der Waals surface area contributed by atoms with Gasteiger partial charge in [0.05, 0.1) is 5.92 Å². The van der Waals surface area contributed by atoms with E-state index in [9.17, 15) is 24.0 Å². The van der Waals surface area contributed by atoms with Crippen LogP contribution in [0.25, 0.3) is 11.1 Å². The molecule has 5 aromatic carbocycles. The van der Waals surface area contributed by atoms with Gasteiger partial charge in [-0.05, 0) is 118 Å². The van der Waals surface area contributed by atoms with Crippen LogP contribution in [0.5, 0.6) is 11.5 Å². The molecule has 0 aromatic heterocycles. The largest absolute Gasteiger partial charge is 0.484 e. The normalized spacial score (nSPS) is 11.5. The summed E-state index contributed by atoms with van der Waals surface area (Å²) in [5.74, 6) is -2.11. The van der Waals surface area contributed by atoms with E-state index in [2.05, 4.69) is 10.6 Å². The lowest BCUT2D eigenvalue weighted by Crippen LogP contribution is -2.30. The maximum atomic E-state index is 15.2. The maximum absolute atomic E-state index is 15.2. The van der Waals surface area contributed by atoms with Crippen LogP contribution < -0.4 is 20.1 Å². The summed E-state index contributed by atoms with van der Waals surface area (Å²) >= 11 is 0. The summed E-state index contributed by atoms with van der Waals surface area (Å²) < 4.78 is 37.0. The predicted octanol–water partition coefficient (Wildman–Crippen LogP) is 8.21. The third-order valence-corrected chi connectivity index (χ3v) is 8.82. The number of nitrogens with one attached hydrogen (secondary N) is 2. The molecule has 2 N–H and O–H groups in total. The van der Waals surface area contributed by atoms with Gasteiger partial charge in [0.25, 0.3) is 11.8 Å². The number of ketones is 1. The van der Waals surface area contributed by atoms with Crippen molar-refractivity contribution >= 4 is 35.2 Å². The zero-order valence-corrected chi connectivity index (χ0v) is 33.4. The van der Waals surface area contributed by atoms with Crippen molar-refractivity contribution in [3.63, 3.8) is 0 Å². The number of hydrogen-bond donors (Lipinski definition) is 2. The zero-order chi connectivity index (χ0) is 42.4. The highest BCUT2D eigenvalue weighted by Crippen LogP contribution is 2.28. The Morgan fingerprint density at radius 3 is 1.88 bits per heavy atom. The van der Waals surface area contributed by atoms with E-state index in [1.165, 1.54) is 6.07 Å². The molecule has 0 bridgehead atoms. The Bertz CT molecular complexity index is 2220. The van der Waals surface area contributed by atoms with Gasteiger partial charge in [-0.2, -0.15) is 0 Å². The number of ether oxygens (including phenoxy) is 4. The maximum Gasteiger partial charge on any atom is 0.313 e. The summed E-state index contributed by atoms with van der Waals surface area (Å²) in [6, 6.07) is 33.4. The smallest absolute Gasteiger partial charge is 0.313 e. The summed E-state index contributed by atoms with van der Waals surface area (Å²) in [6.07, 6.45) is 0.639. The van der Waals surface area contributed by atoms with Crippen LogP contribution in [0.3, 0.4) is 0 Å². The number of rotatable bonds is 18. The molecule has 0 radical (unpaired) electrons. The topological polar surface area (TPSA) is 146 Å². The molecule has 0 aliphatic rings. The second-order valence-corrected chi connectivity index (χ2v) is 14.7. The van der Waals surface area contributed by atoms with Gasteiger partial charge in [0.15, 0.2) is 19.0 Å². The molecule has 0 spiro atoms. The fourth-order valence-corrected chi connectivity index (χ4v) is 5.73. The summed E-state index contributed by atoms with van der Waals surface area (Å²) in [6.45, 7) is 7.00. The molecule has 2 amide bonds. The van der Waals surface area contributed by atoms with Crippen LogP contribution in [0.1, 0.15) is 73.5 Å². The molecular formula is C47H47FN2O9. The summed E-state index contributed by atoms with van der Waals surface area (Å²) in [7, 11) is 0. The van der Waals surface area contributed by atoms with Gasteiger partial charge < -0.3 is 29.6 Å². The number of anilines is 1. The number of carbonyl (C=O) groups excluding carboxylic acids is 5. The molecule has 0 aliphatic carbocycles. The van der Waals surface area contributed by atoms with Crippen LogP contribution in [-0.4, -0.2) is 54.9 Å². The van der Waals surface area contributed by atoms with Gasteiger partial charge in [0.1, 0.15) is 29.5 Å². The molecule has 12 heteroatoms. The minimum atomic E-state index is -0.653. The Balaban J connectivity index is 1.02. The summed E-state index contributed by atoms with van der Waals surface area (Å²) in [5.41, 5.74) is 3.05. The van der Waals surface area contributed by atoms with Crippen molar-refractivity contribution in [2.24, 2.45) is 0 Å². The van der Waals surface area contributed by atoms with Crippen molar-refractivity contribution in [3.05, 3.63) is 149 Å². The number of benzene rings is 5. The highest BCUT2D eigenvalue weighted by molar-refractivity contribution is 6.09. The van der Waals surface area contributed by atoms with E-state index in [0.717, 1.165) is 5.56 Å². The predicted molar refractivity (Wildman–Crippen MR) is 221 cm³/mol. The lowest BCUT2D eigenvalue weighted by atomic mass is 9.97. The monoisotopic (exact) mass is 802 g/mol. The highest BCUT2D eigenvalue weighted by Gasteiger charge is 2.20. The fourth-order valence-electron chi connectivity index (χ4n) is 5.73. The second-order valence-electron chi connectivity index (χ2n) is 14.7. The molecular weight excluding hydrogens is 756 g/mol. The Hall–Kier alpha value is -6.82. The molecule has 0 saturated heterocycles. The number of esters is 2. The quantitative estimate of drug-likeness (QED) is 0.0509. The minimum absolute atomic E-state index is 0.139. The van der Waals surface area contributed by atoms with E-state index in [0.29, 0.717) is 58.0 Å². The average molecular weight is 803 g/mol. The van der Waals surface area contributed by atoms with E-state index in [1.807, 2.05) is 30.3 Å². The van der Waals surface area contributed by atoms with Crippen LogP contribution in [0.2, 0.25) is 0 Å². The first kappa shape index (κ1) is 43.3. The van der Waals surface area contributed by atoms with Gasteiger partial charge >= 0.3 is 11.9 Å².